The van der Waals surface area contributed by atoms with Crippen molar-refractivity contribution in [1.29, 1.82) is 0 Å². The van der Waals surface area contributed by atoms with E-state index in [0.29, 0.717) is 5.75 Å². The normalized spacial score (nSPS) is 11.9. The predicted molar refractivity (Wildman–Crippen MR) is 122 cm³/mol. The molecule has 0 aliphatic carbocycles. The number of anilines is 1. The van der Waals surface area contributed by atoms with Crippen molar-refractivity contribution < 1.29 is 26.3 Å². The van der Waals surface area contributed by atoms with Crippen molar-refractivity contribution in [3.05, 3.63) is 78.4 Å². The third kappa shape index (κ3) is 5.21. The van der Waals surface area contributed by atoms with E-state index in [1.807, 2.05) is 30.3 Å². The summed E-state index contributed by atoms with van der Waals surface area (Å²) in [5.41, 5.74) is 1.06. The largest absolute Gasteiger partial charge is 0.497 e. The molecule has 3 aromatic rings. The van der Waals surface area contributed by atoms with Crippen LogP contribution in [0, 0.1) is 0 Å². The molecule has 32 heavy (non-hydrogen) atoms. The second-order valence-corrected chi connectivity index (χ2v) is 10.6. The van der Waals surface area contributed by atoms with Gasteiger partial charge in [0.15, 0.2) is 0 Å². The quantitative estimate of drug-likeness (QED) is 0.508. The monoisotopic (exact) mass is 476 g/mol. The summed E-state index contributed by atoms with van der Waals surface area (Å²) in [4.78, 5) is -0.0449. The van der Waals surface area contributed by atoms with Crippen LogP contribution >= 0.6 is 0 Å². The molecule has 8 nitrogen and oxygen atoms in total. The van der Waals surface area contributed by atoms with E-state index in [0.717, 1.165) is 5.56 Å². The zero-order chi connectivity index (χ0) is 23.4. The summed E-state index contributed by atoms with van der Waals surface area (Å²) in [6.45, 7) is 0.215. The van der Waals surface area contributed by atoms with Gasteiger partial charge >= 0.3 is 0 Å². The minimum Gasteiger partial charge on any atom is -0.497 e. The molecule has 0 bridgehead atoms. The topological polar surface area (TPSA) is 102 Å². The molecule has 10 heteroatoms. The van der Waals surface area contributed by atoms with Crippen LogP contribution in [-0.2, 0) is 26.6 Å². The zero-order valence-electron chi connectivity index (χ0n) is 17.8. The standard InChI is InChI=1S/C22H24N2O6S2/c1-24(16-17-7-5-4-6-8-17)32(27,28)20-12-9-18(10-13-20)23-31(25,26)22-15-19(29-2)11-14-21(22)30-3/h4-15,23H,16H2,1-3H3. The molecule has 0 aliphatic rings. The van der Waals surface area contributed by atoms with Gasteiger partial charge in [0.05, 0.1) is 19.1 Å². The van der Waals surface area contributed by atoms with Gasteiger partial charge in [0.2, 0.25) is 10.0 Å². The number of nitrogens with zero attached hydrogens (tertiary/aromatic N) is 1. The molecule has 0 heterocycles. The Morgan fingerprint density at radius 2 is 1.50 bits per heavy atom. The molecule has 0 saturated heterocycles. The summed E-state index contributed by atoms with van der Waals surface area (Å²) >= 11 is 0. The highest BCUT2D eigenvalue weighted by molar-refractivity contribution is 7.92. The Labute approximate surface area is 188 Å². The van der Waals surface area contributed by atoms with Gasteiger partial charge < -0.3 is 9.47 Å². The average molecular weight is 477 g/mol. The van der Waals surface area contributed by atoms with Crippen molar-refractivity contribution >= 4 is 25.7 Å². The van der Waals surface area contributed by atoms with Crippen LogP contribution in [0.3, 0.4) is 0 Å². The molecule has 0 unspecified atom stereocenters. The van der Waals surface area contributed by atoms with Gasteiger partial charge in [-0.1, -0.05) is 30.3 Å². The van der Waals surface area contributed by atoms with Gasteiger partial charge in [-0.3, -0.25) is 4.72 Å². The van der Waals surface area contributed by atoms with Gasteiger partial charge in [0, 0.05) is 25.3 Å². The van der Waals surface area contributed by atoms with Crippen LogP contribution in [0.5, 0.6) is 11.5 Å². The summed E-state index contributed by atoms with van der Waals surface area (Å²) < 4.78 is 65.4. The van der Waals surface area contributed by atoms with Crippen molar-refractivity contribution in [3.63, 3.8) is 0 Å². The van der Waals surface area contributed by atoms with Crippen molar-refractivity contribution in [2.75, 3.05) is 26.0 Å². The Morgan fingerprint density at radius 3 is 2.09 bits per heavy atom. The molecule has 0 saturated carbocycles. The van der Waals surface area contributed by atoms with E-state index < -0.39 is 20.0 Å². The molecule has 3 aromatic carbocycles. The van der Waals surface area contributed by atoms with Gasteiger partial charge in [-0.15, -0.1) is 0 Å². The minimum absolute atomic E-state index is 0.0536. The first-order valence-corrected chi connectivity index (χ1v) is 12.4. The summed E-state index contributed by atoms with van der Waals surface area (Å²) in [5.74, 6) is 0.508. The van der Waals surface area contributed by atoms with E-state index in [1.165, 1.54) is 62.0 Å². The Balaban J connectivity index is 1.81. The Hall–Kier alpha value is -3.08. The molecular formula is C22H24N2O6S2. The van der Waals surface area contributed by atoms with Crippen LogP contribution in [0.15, 0.2) is 82.6 Å². The van der Waals surface area contributed by atoms with Crippen LogP contribution in [0.25, 0.3) is 0 Å². The fourth-order valence-electron chi connectivity index (χ4n) is 3.00. The molecular weight excluding hydrogens is 452 g/mol. The maximum Gasteiger partial charge on any atom is 0.265 e. The average Bonchev–Trinajstić information content (AvgIpc) is 2.79. The van der Waals surface area contributed by atoms with Crippen LogP contribution in [-0.4, -0.2) is 42.4 Å². The number of hydrogen-bond donors (Lipinski definition) is 1. The maximum absolute atomic E-state index is 12.9. The first-order valence-electron chi connectivity index (χ1n) is 9.52. The first-order chi connectivity index (χ1) is 15.2. The molecule has 0 aromatic heterocycles. The van der Waals surface area contributed by atoms with Crippen molar-refractivity contribution in [2.45, 2.75) is 16.3 Å². The highest BCUT2D eigenvalue weighted by atomic mass is 32.2. The summed E-state index contributed by atoms with van der Waals surface area (Å²) in [7, 11) is -3.47. The lowest BCUT2D eigenvalue weighted by molar-refractivity contribution is 0.392. The number of benzene rings is 3. The third-order valence-corrected chi connectivity index (χ3v) is 7.94. The molecule has 3 rings (SSSR count). The van der Waals surface area contributed by atoms with Gasteiger partial charge in [-0.2, -0.15) is 4.31 Å². The first kappa shape index (κ1) is 23.6. The maximum atomic E-state index is 12.9. The molecule has 0 amide bonds. The van der Waals surface area contributed by atoms with Crippen LogP contribution in [0.1, 0.15) is 5.56 Å². The Kier molecular flexibility index (Phi) is 7.07. The smallest absolute Gasteiger partial charge is 0.265 e. The fraction of sp³-hybridized carbons (Fsp3) is 0.182. The number of sulfonamides is 2. The fourth-order valence-corrected chi connectivity index (χ4v) is 5.41. The number of methoxy groups -OCH3 is 2. The van der Waals surface area contributed by atoms with E-state index in [4.69, 9.17) is 9.47 Å². The Morgan fingerprint density at radius 1 is 0.844 bits per heavy atom. The lowest BCUT2D eigenvalue weighted by atomic mass is 10.2. The zero-order valence-corrected chi connectivity index (χ0v) is 19.5. The van der Waals surface area contributed by atoms with Crippen molar-refractivity contribution in [2.24, 2.45) is 0 Å². The van der Waals surface area contributed by atoms with Crippen LogP contribution < -0.4 is 14.2 Å². The van der Waals surface area contributed by atoms with Gasteiger partial charge in [-0.05, 0) is 42.0 Å². The molecule has 0 atom stereocenters. The minimum atomic E-state index is -4.01. The number of nitrogens with one attached hydrogen (secondary N) is 1. The third-order valence-electron chi connectivity index (χ3n) is 4.72. The summed E-state index contributed by atoms with van der Waals surface area (Å²) in [5, 5.41) is 0. The molecule has 0 fully saturated rings. The highest BCUT2D eigenvalue weighted by Crippen LogP contribution is 2.30. The lowest BCUT2D eigenvalue weighted by Gasteiger charge is -2.18. The summed E-state index contributed by atoms with van der Waals surface area (Å²) in [6.07, 6.45) is 0. The predicted octanol–water partition coefficient (Wildman–Crippen LogP) is 3.33. The second kappa shape index (κ2) is 9.60. The number of ether oxygens (including phenoxy) is 2. The SMILES string of the molecule is COc1ccc(OC)c(S(=O)(=O)Nc2ccc(S(=O)(=O)N(C)Cc3ccccc3)cc2)c1. The van der Waals surface area contributed by atoms with Crippen LogP contribution in [0.4, 0.5) is 5.69 Å². The Bertz CT molecular complexity index is 1280. The number of rotatable bonds is 9. The van der Waals surface area contributed by atoms with E-state index in [1.54, 1.807) is 6.07 Å². The molecule has 0 radical (unpaired) electrons. The number of hydrogen-bond acceptors (Lipinski definition) is 6. The van der Waals surface area contributed by atoms with E-state index in [2.05, 4.69) is 4.72 Å². The molecule has 170 valence electrons. The highest BCUT2D eigenvalue weighted by Gasteiger charge is 2.23. The van der Waals surface area contributed by atoms with Crippen molar-refractivity contribution in [1.82, 2.24) is 4.31 Å². The summed E-state index contributed by atoms with van der Waals surface area (Å²) in [6, 6.07) is 19.2. The van der Waals surface area contributed by atoms with Crippen LogP contribution in [0.2, 0.25) is 0 Å². The lowest BCUT2D eigenvalue weighted by Crippen LogP contribution is -2.26. The van der Waals surface area contributed by atoms with E-state index in [-0.39, 0.29) is 27.8 Å². The van der Waals surface area contributed by atoms with E-state index in [9.17, 15) is 16.8 Å². The molecule has 0 aliphatic heterocycles. The van der Waals surface area contributed by atoms with Crippen molar-refractivity contribution in [3.8, 4) is 11.5 Å². The molecule has 1 N–H and O–H groups in total. The van der Waals surface area contributed by atoms with Gasteiger partial charge in [-0.25, -0.2) is 16.8 Å². The second-order valence-electron chi connectivity index (χ2n) is 6.89. The van der Waals surface area contributed by atoms with Gasteiger partial charge in [0.1, 0.15) is 16.4 Å². The van der Waals surface area contributed by atoms with E-state index >= 15 is 0 Å². The molecule has 0 spiro atoms. The van der Waals surface area contributed by atoms with Gasteiger partial charge in [0.25, 0.3) is 10.0 Å².